The van der Waals surface area contributed by atoms with Gasteiger partial charge in [0.25, 0.3) is 0 Å². The summed E-state index contributed by atoms with van der Waals surface area (Å²) >= 11 is 0. The van der Waals surface area contributed by atoms with Crippen LogP contribution in [0.5, 0.6) is 11.8 Å². The van der Waals surface area contributed by atoms with E-state index in [1.807, 2.05) is 19.9 Å². The van der Waals surface area contributed by atoms with Crippen LogP contribution in [0.15, 0.2) is 37.1 Å². The lowest BCUT2D eigenvalue weighted by Gasteiger charge is -2.22. The second-order valence-electron chi connectivity index (χ2n) is 8.71. The molecule has 0 bridgehead atoms. The van der Waals surface area contributed by atoms with E-state index in [-0.39, 0.29) is 23.8 Å². The van der Waals surface area contributed by atoms with Crippen molar-refractivity contribution >= 4 is 17.3 Å². The number of alkyl halides is 3. The van der Waals surface area contributed by atoms with E-state index in [0.29, 0.717) is 17.5 Å². The van der Waals surface area contributed by atoms with Gasteiger partial charge in [-0.1, -0.05) is 19.9 Å². The SMILES string of the molecule is C=CC(Nc1nc2c(C(C)C)ccc(OCC(F)(F)F)n2n1)C1CCN(c2cnnc(OC)c2)C1. The van der Waals surface area contributed by atoms with Crippen LogP contribution in [0, 0.1) is 5.92 Å². The molecule has 2 unspecified atom stereocenters. The number of halogens is 3. The summed E-state index contributed by atoms with van der Waals surface area (Å²) in [6, 6.07) is 4.89. The van der Waals surface area contributed by atoms with Crippen LogP contribution < -0.4 is 19.7 Å². The third-order valence-corrected chi connectivity index (χ3v) is 5.96. The molecular formula is C23H28F3N7O2. The molecule has 2 atom stereocenters. The Bertz CT molecular complexity index is 1180. The van der Waals surface area contributed by atoms with Gasteiger partial charge in [-0.2, -0.15) is 27.8 Å². The van der Waals surface area contributed by atoms with E-state index in [1.165, 1.54) is 10.6 Å². The van der Waals surface area contributed by atoms with Gasteiger partial charge in [-0.25, -0.2) is 0 Å². The number of nitrogens with zero attached hydrogens (tertiary/aromatic N) is 6. The molecule has 0 radical (unpaired) electrons. The molecule has 9 nitrogen and oxygen atoms in total. The van der Waals surface area contributed by atoms with Crippen molar-refractivity contribution in [1.29, 1.82) is 0 Å². The number of methoxy groups -OCH3 is 1. The average Bonchev–Trinajstić information content (AvgIpc) is 3.48. The Morgan fingerprint density at radius 1 is 1.31 bits per heavy atom. The molecule has 0 saturated carbocycles. The summed E-state index contributed by atoms with van der Waals surface area (Å²) in [7, 11) is 1.55. The standard InChI is InChI=1S/C23H28F3N7O2/c1-5-18(15-8-9-32(12-15)16-10-19(34-4)30-27-11-16)28-22-29-21-17(14(2)3)6-7-20(33(21)31-22)35-13-23(24,25)26/h5-7,10-11,14-15,18H,1,8-9,12-13H2,2-4H3,(H,28,31). The third-order valence-electron chi connectivity index (χ3n) is 5.96. The highest BCUT2D eigenvalue weighted by atomic mass is 19.4. The molecular weight excluding hydrogens is 463 g/mol. The molecule has 0 amide bonds. The van der Waals surface area contributed by atoms with Gasteiger partial charge in [-0.3, -0.25) is 0 Å². The van der Waals surface area contributed by atoms with Crippen LogP contribution >= 0.6 is 0 Å². The van der Waals surface area contributed by atoms with Gasteiger partial charge < -0.3 is 19.7 Å². The lowest BCUT2D eigenvalue weighted by atomic mass is 9.99. The lowest BCUT2D eigenvalue weighted by Crippen LogP contribution is -2.30. The maximum Gasteiger partial charge on any atom is 0.422 e. The Balaban J connectivity index is 1.54. The van der Waals surface area contributed by atoms with E-state index < -0.39 is 12.8 Å². The summed E-state index contributed by atoms with van der Waals surface area (Å²) in [6.45, 7) is 8.08. The van der Waals surface area contributed by atoms with E-state index >= 15 is 0 Å². The molecule has 3 aromatic heterocycles. The van der Waals surface area contributed by atoms with Gasteiger partial charge in [0.2, 0.25) is 17.7 Å². The van der Waals surface area contributed by atoms with E-state index in [1.54, 1.807) is 25.4 Å². The molecule has 1 aliphatic heterocycles. The van der Waals surface area contributed by atoms with Crippen LogP contribution in [0.1, 0.15) is 31.7 Å². The topological polar surface area (TPSA) is 89.7 Å². The Morgan fingerprint density at radius 3 is 2.80 bits per heavy atom. The second-order valence-corrected chi connectivity index (χ2v) is 8.71. The first kappa shape index (κ1) is 24.6. The van der Waals surface area contributed by atoms with Crippen molar-refractivity contribution in [3.63, 3.8) is 0 Å². The van der Waals surface area contributed by atoms with E-state index in [0.717, 1.165) is 30.8 Å². The summed E-state index contributed by atoms with van der Waals surface area (Å²) < 4.78 is 49.7. The first-order chi connectivity index (χ1) is 16.7. The number of rotatable bonds is 9. The van der Waals surface area contributed by atoms with Crippen molar-refractivity contribution in [2.75, 3.05) is 37.0 Å². The quantitative estimate of drug-likeness (QED) is 0.448. The van der Waals surface area contributed by atoms with Gasteiger partial charge in [0, 0.05) is 31.1 Å². The molecule has 0 spiro atoms. The summed E-state index contributed by atoms with van der Waals surface area (Å²) in [5.41, 5.74) is 2.22. The van der Waals surface area contributed by atoms with Crippen LogP contribution in [0.25, 0.3) is 5.65 Å². The summed E-state index contributed by atoms with van der Waals surface area (Å²) in [4.78, 5) is 6.77. The van der Waals surface area contributed by atoms with E-state index in [9.17, 15) is 13.2 Å². The van der Waals surface area contributed by atoms with Crippen molar-refractivity contribution in [3.8, 4) is 11.8 Å². The number of hydrogen-bond donors (Lipinski definition) is 1. The largest absolute Gasteiger partial charge is 0.480 e. The number of anilines is 2. The normalized spacial score (nSPS) is 17.1. The Morgan fingerprint density at radius 2 is 2.11 bits per heavy atom. The van der Waals surface area contributed by atoms with Crippen LogP contribution in [0.4, 0.5) is 24.8 Å². The number of aromatic nitrogens is 5. The number of fused-ring (bicyclic) bond motifs is 1. The van der Waals surface area contributed by atoms with Crippen molar-refractivity contribution in [2.45, 2.75) is 38.4 Å². The number of hydrogen-bond acceptors (Lipinski definition) is 8. The van der Waals surface area contributed by atoms with Crippen molar-refractivity contribution in [2.24, 2.45) is 5.92 Å². The van der Waals surface area contributed by atoms with Crippen LogP contribution in [0.3, 0.4) is 0 Å². The maximum absolute atomic E-state index is 12.7. The number of nitrogens with one attached hydrogen (secondary N) is 1. The number of pyridine rings is 1. The highest BCUT2D eigenvalue weighted by Gasteiger charge is 2.31. The van der Waals surface area contributed by atoms with Crippen molar-refractivity contribution < 1.29 is 22.6 Å². The first-order valence-corrected chi connectivity index (χ1v) is 11.3. The average molecular weight is 492 g/mol. The van der Waals surface area contributed by atoms with Gasteiger partial charge in [-0.05, 0) is 24.0 Å². The lowest BCUT2D eigenvalue weighted by molar-refractivity contribution is -0.154. The molecule has 3 aromatic rings. The third kappa shape index (κ3) is 5.57. The molecule has 1 saturated heterocycles. The fourth-order valence-corrected chi connectivity index (χ4v) is 4.18. The van der Waals surface area contributed by atoms with Gasteiger partial charge >= 0.3 is 6.18 Å². The van der Waals surface area contributed by atoms with Gasteiger partial charge in [-0.15, -0.1) is 16.8 Å². The smallest absolute Gasteiger partial charge is 0.422 e. The van der Waals surface area contributed by atoms with Gasteiger partial charge in [0.15, 0.2) is 12.3 Å². The van der Waals surface area contributed by atoms with E-state index in [4.69, 9.17) is 9.47 Å². The monoisotopic (exact) mass is 491 g/mol. The van der Waals surface area contributed by atoms with E-state index in [2.05, 4.69) is 37.1 Å². The van der Waals surface area contributed by atoms with Crippen molar-refractivity contribution in [1.82, 2.24) is 24.8 Å². The van der Waals surface area contributed by atoms with Crippen LogP contribution in [-0.4, -0.2) is 63.8 Å². The Hall–Kier alpha value is -3.57. The summed E-state index contributed by atoms with van der Waals surface area (Å²) in [6.07, 6.45) is -0.0727. The highest BCUT2D eigenvalue weighted by Crippen LogP contribution is 2.30. The van der Waals surface area contributed by atoms with Crippen LogP contribution in [0.2, 0.25) is 0 Å². The zero-order valence-electron chi connectivity index (χ0n) is 19.8. The maximum atomic E-state index is 12.7. The second kappa shape index (κ2) is 9.96. The first-order valence-electron chi connectivity index (χ1n) is 11.3. The highest BCUT2D eigenvalue weighted by molar-refractivity contribution is 5.55. The van der Waals surface area contributed by atoms with Gasteiger partial charge in [0.1, 0.15) is 0 Å². The molecule has 188 valence electrons. The molecule has 12 heteroatoms. The molecule has 35 heavy (non-hydrogen) atoms. The fraction of sp³-hybridized carbons (Fsp3) is 0.478. The molecule has 1 aliphatic rings. The minimum Gasteiger partial charge on any atom is -0.480 e. The molecule has 4 heterocycles. The predicted molar refractivity (Wildman–Crippen MR) is 125 cm³/mol. The number of ether oxygens (including phenoxy) is 2. The van der Waals surface area contributed by atoms with Crippen molar-refractivity contribution in [3.05, 3.63) is 42.6 Å². The zero-order valence-corrected chi connectivity index (χ0v) is 19.8. The minimum absolute atomic E-state index is 0.0244. The molecule has 0 aromatic carbocycles. The Kier molecular flexibility index (Phi) is 6.99. The van der Waals surface area contributed by atoms with Gasteiger partial charge in [0.05, 0.1) is 25.0 Å². The fourth-order valence-electron chi connectivity index (χ4n) is 4.18. The molecule has 1 fully saturated rings. The Labute approximate surface area is 201 Å². The summed E-state index contributed by atoms with van der Waals surface area (Å²) in [5.74, 6) is 1.01. The minimum atomic E-state index is -4.46. The molecule has 1 N–H and O–H groups in total. The zero-order chi connectivity index (χ0) is 25.2. The summed E-state index contributed by atoms with van der Waals surface area (Å²) in [5, 5.41) is 15.6. The predicted octanol–water partition coefficient (Wildman–Crippen LogP) is 4.09. The molecule has 0 aliphatic carbocycles. The van der Waals surface area contributed by atoms with Crippen LogP contribution in [-0.2, 0) is 0 Å². The molecule has 4 rings (SSSR count).